The molecule has 5 nitrogen and oxygen atoms in total. The summed E-state index contributed by atoms with van der Waals surface area (Å²) < 4.78 is 11.6. The molecule has 0 aliphatic heterocycles. The highest BCUT2D eigenvalue weighted by molar-refractivity contribution is 7.21. The van der Waals surface area contributed by atoms with Crippen molar-refractivity contribution in [3.8, 4) is 22.1 Å². The smallest absolute Gasteiger partial charge is 0.255 e. The number of thiazole rings is 1. The number of aryl methyl sites for hydroxylation is 1. The number of hydrogen-bond donors (Lipinski definition) is 1. The summed E-state index contributed by atoms with van der Waals surface area (Å²) in [5, 5.41) is 3.87. The molecule has 1 heterocycles. The Morgan fingerprint density at radius 1 is 0.931 bits per heavy atom. The summed E-state index contributed by atoms with van der Waals surface area (Å²) in [6.45, 7) is 2.08. The monoisotopic (exact) mass is 404 g/mol. The molecule has 0 fully saturated rings. The van der Waals surface area contributed by atoms with Gasteiger partial charge in [0.1, 0.15) is 16.5 Å². The van der Waals surface area contributed by atoms with Gasteiger partial charge in [0.05, 0.1) is 24.4 Å². The number of amides is 1. The summed E-state index contributed by atoms with van der Waals surface area (Å²) in [6, 6.07) is 19.0. The van der Waals surface area contributed by atoms with E-state index in [0.29, 0.717) is 22.7 Å². The summed E-state index contributed by atoms with van der Waals surface area (Å²) >= 11 is 1.66. The first-order valence-electron chi connectivity index (χ1n) is 9.08. The van der Waals surface area contributed by atoms with Crippen LogP contribution in [0.15, 0.2) is 60.7 Å². The van der Waals surface area contributed by atoms with Crippen LogP contribution in [-0.2, 0) is 0 Å². The molecular weight excluding hydrogens is 384 g/mol. The van der Waals surface area contributed by atoms with E-state index in [1.165, 1.54) is 10.3 Å². The molecule has 1 amide bonds. The predicted octanol–water partition coefficient (Wildman–Crippen LogP) is 5.54. The summed E-state index contributed by atoms with van der Waals surface area (Å²) in [5.41, 5.74) is 4.41. The highest BCUT2D eigenvalue weighted by Gasteiger charge is 2.11. The van der Waals surface area contributed by atoms with E-state index in [9.17, 15) is 4.79 Å². The van der Waals surface area contributed by atoms with Crippen LogP contribution >= 0.6 is 11.3 Å². The third kappa shape index (κ3) is 4.07. The summed E-state index contributed by atoms with van der Waals surface area (Å²) in [6.07, 6.45) is 0. The fourth-order valence-electron chi connectivity index (χ4n) is 2.99. The standard InChI is InChI=1S/C23H20N2O3S/c1-14-4-9-20-21(10-14)29-23(25-20)15-5-7-17(8-6-15)24-22(26)16-11-18(27-2)13-19(12-16)28-3/h4-13H,1-3H3,(H,24,26). The average molecular weight is 404 g/mol. The molecule has 0 unspecified atom stereocenters. The Bertz CT molecular complexity index is 1160. The predicted molar refractivity (Wildman–Crippen MR) is 117 cm³/mol. The number of fused-ring (bicyclic) bond motifs is 1. The molecule has 0 saturated heterocycles. The minimum atomic E-state index is -0.231. The van der Waals surface area contributed by atoms with Crippen LogP contribution in [0, 0.1) is 6.92 Å². The molecule has 0 aliphatic rings. The Kier molecular flexibility index (Phi) is 5.18. The maximum atomic E-state index is 12.6. The maximum Gasteiger partial charge on any atom is 0.255 e. The molecule has 4 rings (SSSR count). The van der Waals surface area contributed by atoms with Crippen LogP contribution < -0.4 is 14.8 Å². The van der Waals surface area contributed by atoms with Crippen molar-refractivity contribution in [2.75, 3.05) is 19.5 Å². The molecule has 4 aromatic rings. The van der Waals surface area contributed by atoms with Crippen molar-refractivity contribution >= 4 is 33.1 Å². The maximum absolute atomic E-state index is 12.6. The number of aromatic nitrogens is 1. The molecule has 3 aromatic carbocycles. The molecule has 0 aliphatic carbocycles. The highest BCUT2D eigenvalue weighted by Crippen LogP contribution is 2.31. The number of ether oxygens (including phenoxy) is 2. The number of hydrogen-bond acceptors (Lipinski definition) is 5. The SMILES string of the molecule is COc1cc(OC)cc(C(=O)Nc2ccc(-c3nc4ccc(C)cc4s3)cc2)c1. The minimum absolute atomic E-state index is 0.231. The van der Waals surface area contributed by atoms with E-state index in [1.807, 2.05) is 30.3 Å². The molecule has 6 heteroatoms. The molecule has 0 radical (unpaired) electrons. The lowest BCUT2D eigenvalue weighted by Gasteiger charge is -2.09. The van der Waals surface area contributed by atoms with E-state index in [1.54, 1.807) is 43.8 Å². The van der Waals surface area contributed by atoms with E-state index in [2.05, 4.69) is 24.4 Å². The number of carbonyl (C=O) groups excluding carboxylic acids is 1. The fraction of sp³-hybridized carbons (Fsp3) is 0.130. The molecule has 146 valence electrons. The number of benzene rings is 3. The summed E-state index contributed by atoms with van der Waals surface area (Å²) in [4.78, 5) is 17.3. The van der Waals surface area contributed by atoms with Crippen LogP contribution in [0.5, 0.6) is 11.5 Å². The van der Waals surface area contributed by atoms with Crippen molar-refractivity contribution in [3.63, 3.8) is 0 Å². The Labute approximate surface area is 172 Å². The molecule has 0 bridgehead atoms. The first kappa shape index (κ1) is 19.0. The Balaban J connectivity index is 1.54. The van der Waals surface area contributed by atoms with Crippen molar-refractivity contribution in [2.24, 2.45) is 0 Å². The first-order valence-corrected chi connectivity index (χ1v) is 9.89. The topological polar surface area (TPSA) is 60.5 Å². The van der Waals surface area contributed by atoms with E-state index in [4.69, 9.17) is 14.5 Å². The molecule has 0 atom stereocenters. The van der Waals surface area contributed by atoms with Gasteiger partial charge in [-0.3, -0.25) is 4.79 Å². The van der Waals surface area contributed by atoms with Gasteiger partial charge in [-0.15, -0.1) is 11.3 Å². The lowest BCUT2D eigenvalue weighted by Crippen LogP contribution is -2.12. The zero-order chi connectivity index (χ0) is 20.4. The fourth-order valence-corrected chi connectivity index (χ4v) is 4.06. The van der Waals surface area contributed by atoms with Crippen molar-refractivity contribution in [1.29, 1.82) is 0 Å². The second-order valence-corrected chi connectivity index (χ2v) is 7.65. The third-order valence-electron chi connectivity index (χ3n) is 4.55. The Hall–Kier alpha value is -3.38. The average Bonchev–Trinajstić information content (AvgIpc) is 3.17. The van der Waals surface area contributed by atoms with Crippen molar-refractivity contribution in [3.05, 3.63) is 71.8 Å². The van der Waals surface area contributed by atoms with Crippen LogP contribution in [0.25, 0.3) is 20.8 Å². The highest BCUT2D eigenvalue weighted by atomic mass is 32.1. The van der Waals surface area contributed by atoms with Gasteiger partial charge in [-0.2, -0.15) is 0 Å². The van der Waals surface area contributed by atoms with E-state index in [0.717, 1.165) is 16.1 Å². The van der Waals surface area contributed by atoms with Crippen LogP contribution in [0.3, 0.4) is 0 Å². The zero-order valence-electron chi connectivity index (χ0n) is 16.4. The lowest BCUT2D eigenvalue weighted by atomic mass is 10.1. The number of nitrogens with one attached hydrogen (secondary N) is 1. The Morgan fingerprint density at radius 2 is 1.62 bits per heavy atom. The van der Waals surface area contributed by atoms with Crippen LogP contribution in [0.4, 0.5) is 5.69 Å². The molecular formula is C23H20N2O3S. The Morgan fingerprint density at radius 3 is 2.28 bits per heavy atom. The summed E-state index contributed by atoms with van der Waals surface area (Å²) in [7, 11) is 3.11. The third-order valence-corrected chi connectivity index (χ3v) is 5.61. The second kappa shape index (κ2) is 7.93. The van der Waals surface area contributed by atoms with Gasteiger partial charge in [0.15, 0.2) is 0 Å². The van der Waals surface area contributed by atoms with Gasteiger partial charge in [0, 0.05) is 22.9 Å². The van der Waals surface area contributed by atoms with Crippen LogP contribution in [0.1, 0.15) is 15.9 Å². The second-order valence-electron chi connectivity index (χ2n) is 6.62. The van der Waals surface area contributed by atoms with Crippen molar-refractivity contribution in [1.82, 2.24) is 4.98 Å². The van der Waals surface area contributed by atoms with Gasteiger partial charge in [-0.25, -0.2) is 4.98 Å². The quantitative estimate of drug-likeness (QED) is 0.474. The molecule has 29 heavy (non-hydrogen) atoms. The van der Waals surface area contributed by atoms with Crippen molar-refractivity contribution < 1.29 is 14.3 Å². The lowest BCUT2D eigenvalue weighted by molar-refractivity contribution is 0.102. The van der Waals surface area contributed by atoms with Crippen molar-refractivity contribution in [2.45, 2.75) is 6.92 Å². The van der Waals surface area contributed by atoms with Gasteiger partial charge >= 0.3 is 0 Å². The van der Waals surface area contributed by atoms with Gasteiger partial charge in [-0.1, -0.05) is 6.07 Å². The molecule has 0 spiro atoms. The number of anilines is 1. The molecule has 1 aromatic heterocycles. The van der Waals surface area contributed by atoms with Crippen LogP contribution in [-0.4, -0.2) is 25.1 Å². The first-order chi connectivity index (χ1) is 14.1. The zero-order valence-corrected chi connectivity index (χ0v) is 17.2. The number of methoxy groups -OCH3 is 2. The van der Waals surface area contributed by atoms with Gasteiger partial charge < -0.3 is 14.8 Å². The van der Waals surface area contributed by atoms with Gasteiger partial charge in [0.25, 0.3) is 5.91 Å². The normalized spacial score (nSPS) is 10.7. The number of rotatable bonds is 5. The van der Waals surface area contributed by atoms with E-state index >= 15 is 0 Å². The summed E-state index contributed by atoms with van der Waals surface area (Å²) in [5.74, 6) is 0.900. The number of nitrogens with zero attached hydrogens (tertiary/aromatic N) is 1. The molecule has 1 N–H and O–H groups in total. The van der Waals surface area contributed by atoms with Crippen LogP contribution in [0.2, 0.25) is 0 Å². The minimum Gasteiger partial charge on any atom is -0.497 e. The largest absolute Gasteiger partial charge is 0.497 e. The van der Waals surface area contributed by atoms with E-state index < -0.39 is 0 Å². The van der Waals surface area contributed by atoms with Gasteiger partial charge in [0.2, 0.25) is 0 Å². The number of carbonyl (C=O) groups is 1. The molecule has 0 saturated carbocycles. The van der Waals surface area contributed by atoms with Gasteiger partial charge in [-0.05, 0) is 61.0 Å². The van der Waals surface area contributed by atoms with E-state index in [-0.39, 0.29) is 5.91 Å².